The van der Waals surface area contributed by atoms with Gasteiger partial charge in [-0.3, -0.25) is 28.6 Å². The maximum Gasteiger partial charge on any atom is 0.329 e. The van der Waals surface area contributed by atoms with Crippen molar-refractivity contribution in [2.75, 3.05) is 4.90 Å². The number of carbonyl (C=O) groups excluding carboxylic acids is 4. The number of rotatable bonds is 16. The first-order valence-corrected chi connectivity index (χ1v) is 20.0. The molecule has 3 aromatic carbocycles. The predicted molar refractivity (Wildman–Crippen MR) is 204 cm³/mol. The largest absolute Gasteiger partial charge is 0.372 e. The van der Waals surface area contributed by atoms with Crippen molar-refractivity contribution in [1.29, 1.82) is 0 Å². The molecule has 0 saturated carbocycles. The monoisotopic (exact) mass is 743 g/mol. The molecule has 282 valence electrons. The molecule has 0 spiro atoms. The number of nitrogens with one attached hydrogen (secondary N) is 1. The minimum Gasteiger partial charge on any atom is -0.372 e. The molecule has 0 radical (unpaired) electrons. The van der Waals surface area contributed by atoms with Crippen molar-refractivity contribution in [2.24, 2.45) is 11.7 Å². The third-order valence-corrected chi connectivity index (χ3v) is 11.0. The fraction of sp³-hybridized carbons (Fsp3) is 0.415. The van der Waals surface area contributed by atoms with Crippen LogP contribution in [0.25, 0.3) is 5.57 Å². The van der Waals surface area contributed by atoms with Crippen molar-refractivity contribution < 1.29 is 38.3 Å². The number of nitrogens with two attached hydrogens (primary N) is 1. The summed E-state index contributed by atoms with van der Waals surface area (Å²) in [6.07, 6.45) is 2.27. The van der Waals surface area contributed by atoms with Gasteiger partial charge in [-0.25, -0.2) is 0 Å². The molecule has 2 aliphatic heterocycles. The number of anilines is 1. The van der Waals surface area contributed by atoms with Crippen LogP contribution < -0.4 is 16.0 Å². The molecule has 53 heavy (non-hydrogen) atoms. The number of aryl methyl sites for hydroxylation is 1. The van der Waals surface area contributed by atoms with E-state index in [4.69, 9.17) is 10.5 Å². The molecule has 0 unspecified atom stereocenters. The highest BCUT2D eigenvalue weighted by Gasteiger charge is 2.44. The zero-order chi connectivity index (χ0) is 38.4. The van der Waals surface area contributed by atoms with Gasteiger partial charge in [-0.05, 0) is 84.1 Å². The van der Waals surface area contributed by atoms with Gasteiger partial charge in [0.1, 0.15) is 6.04 Å². The predicted octanol–water partition coefficient (Wildman–Crippen LogP) is 5.73. The zero-order valence-corrected chi connectivity index (χ0v) is 31.7. The molecule has 12 heteroatoms. The third-order valence-electron chi connectivity index (χ3n) is 10.2. The minimum absolute atomic E-state index is 0.0368. The molecule has 0 bridgehead atoms. The average molecular weight is 744 g/mol. The van der Waals surface area contributed by atoms with Gasteiger partial charge < -0.3 is 25.6 Å². The fourth-order valence-electron chi connectivity index (χ4n) is 7.17. The molecule has 0 saturated heterocycles. The quantitative estimate of drug-likeness (QED) is 0.106. The Hall–Kier alpha value is -4.41. The van der Waals surface area contributed by atoms with Gasteiger partial charge in [0.2, 0.25) is 17.7 Å². The molecule has 11 nitrogen and oxygen atoms in total. The first kappa shape index (κ1) is 39.8. The summed E-state index contributed by atoms with van der Waals surface area (Å²) >= 11 is 0. The molecule has 3 aromatic rings. The summed E-state index contributed by atoms with van der Waals surface area (Å²) in [6, 6.07) is 19.3. The Bertz CT molecular complexity index is 1900. The van der Waals surface area contributed by atoms with Crippen LogP contribution in [0.3, 0.4) is 0 Å². The molecule has 0 aromatic heterocycles. The van der Waals surface area contributed by atoms with E-state index < -0.39 is 37.6 Å². The van der Waals surface area contributed by atoms with E-state index in [0.717, 1.165) is 27.9 Å². The Kier molecular flexibility index (Phi) is 12.9. The van der Waals surface area contributed by atoms with Crippen LogP contribution in [0.4, 0.5) is 5.69 Å². The lowest BCUT2D eigenvalue weighted by atomic mass is 9.92. The lowest BCUT2D eigenvalue weighted by Crippen LogP contribution is -2.54. The van der Waals surface area contributed by atoms with E-state index in [-0.39, 0.29) is 43.0 Å². The molecular weight excluding hydrogens is 693 g/mol. The summed E-state index contributed by atoms with van der Waals surface area (Å²) in [7, 11) is -4.20. The first-order valence-electron chi connectivity index (χ1n) is 18.2. The third kappa shape index (κ3) is 10.4. The van der Waals surface area contributed by atoms with E-state index in [1.165, 1.54) is 11.6 Å². The van der Waals surface area contributed by atoms with Crippen molar-refractivity contribution in [3.05, 3.63) is 106 Å². The number of hydrogen-bond donors (Lipinski definition) is 4. The van der Waals surface area contributed by atoms with Gasteiger partial charge in [0.05, 0.1) is 30.6 Å². The standard InChI is InChI=1S/C41H50N3O8P/c1-25(2)30-12-8-28(9-13-30)23-52-27(4)36(18-19-38(42)46)43-40(47)37-22-33-7-5-6-32-16-17-34(41(48)44(37)39(32)33)21-35(45)20-26(3)31-14-10-29(11-15-31)24-53(49,50)51/h5-15,20,25,27,34,36-37H,16-19,21-24H2,1-4H3,(H2,42,46)(H,43,47)(H2,49,50,51)/b26-20+/t27-,34-,36+,37+/m1/s1. The highest BCUT2D eigenvalue weighted by molar-refractivity contribution is 7.50. The van der Waals surface area contributed by atoms with Gasteiger partial charge in [0.25, 0.3) is 0 Å². The summed E-state index contributed by atoms with van der Waals surface area (Å²) in [4.78, 5) is 73.7. The van der Waals surface area contributed by atoms with Crippen LogP contribution in [0, 0.1) is 5.92 Å². The van der Waals surface area contributed by atoms with Crippen LogP contribution in [0.1, 0.15) is 92.7 Å². The molecule has 5 N–H and O–H groups in total. The maximum atomic E-state index is 14.3. The van der Waals surface area contributed by atoms with Crippen LogP contribution in [-0.4, -0.2) is 51.5 Å². The fourth-order valence-corrected chi connectivity index (χ4v) is 7.86. The second-order valence-corrected chi connectivity index (χ2v) is 16.3. The molecule has 4 atom stereocenters. The van der Waals surface area contributed by atoms with Crippen molar-refractivity contribution in [3.8, 4) is 0 Å². The lowest BCUT2D eigenvalue weighted by Gasteiger charge is -2.31. The number of benzene rings is 3. The Balaban J connectivity index is 1.30. The number of para-hydroxylation sites is 1. The van der Waals surface area contributed by atoms with Crippen molar-refractivity contribution in [1.82, 2.24) is 5.32 Å². The van der Waals surface area contributed by atoms with E-state index in [1.807, 2.05) is 37.3 Å². The normalized spacial score (nSPS) is 18.4. The Morgan fingerprint density at radius 3 is 2.30 bits per heavy atom. The molecule has 0 fully saturated rings. The Labute approximate surface area is 311 Å². The van der Waals surface area contributed by atoms with Gasteiger partial charge >= 0.3 is 7.60 Å². The number of carbonyl (C=O) groups is 4. The smallest absolute Gasteiger partial charge is 0.329 e. The average Bonchev–Trinajstić information content (AvgIpc) is 3.44. The first-order chi connectivity index (χ1) is 25.1. The summed E-state index contributed by atoms with van der Waals surface area (Å²) in [5, 5.41) is 3.09. The van der Waals surface area contributed by atoms with Crippen LogP contribution in [-0.2, 0) is 54.1 Å². The van der Waals surface area contributed by atoms with Crippen LogP contribution in [0.5, 0.6) is 0 Å². The van der Waals surface area contributed by atoms with Crippen molar-refractivity contribution >= 4 is 42.4 Å². The van der Waals surface area contributed by atoms with Gasteiger partial charge in [0.15, 0.2) is 5.78 Å². The molecule has 2 heterocycles. The minimum atomic E-state index is -4.20. The second-order valence-electron chi connectivity index (χ2n) is 14.6. The number of nitrogens with zero attached hydrogens (tertiary/aromatic N) is 1. The van der Waals surface area contributed by atoms with Gasteiger partial charge in [-0.15, -0.1) is 0 Å². The van der Waals surface area contributed by atoms with Crippen LogP contribution >= 0.6 is 7.60 Å². The molecule has 0 aliphatic carbocycles. The Morgan fingerprint density at radius 2 is 1.66 bits per heavy atom. The molecular formula is C41H50N3O8P. The summed E-state index contributed by atoms with van der Waals surface area (Å²) in [6.45, 7) is 8.20. The van der Waals surface area contributed by atoms with Gasteiger partial charge in [-0.2, -0.15) is 0 Å². The van der Waals surface area contributed by atoms with E-state index in [2.05, 4.69) is 31.3 Å². The highest BCUT2D eigenvalue weighted by atomic mass is 31.2. The Morgan fingerprint density at radius 1 is 1.00 bits per heavy atom. The van der Waals surface area contributed by atoms with E-state index in [0.29, 0.717) is 42.9 Å². The molecule has 3 amide bonds. The zero-order valence-electron chi connectivity index (χ0n) is 30.8. The molecule has 5 rings (SSSR count). The van der Waals surface area contributed by atoms with Crippen LogP contribution in [0.2, 0.25) is 0 Å². The van der Waals surface area contributed by atoms with Gasteiger partial charge in [0, 0.05) is 25.2 Å². The van der Waals surface area contributed by atoms with Gasteiger partial charge in [-0.1, -0.05) is 80.6 Å². The number of hydrogen-bond acceptors (Lipinski definition) is 6. The molecule has 2 aliphatic rings. The topological polar surface area (TPSA) is 176 Å². The van der Waals surface area contributed by atoms with Crippen molar-refractivity contribution in [2.45, 2.75) is 103 Å². The lowest BCUT2D eigenvalue weighted by molar-refractivity contribution is -0.130. The SMILES string of the molecule is C/C(=C\C(=O)C[C@H]1CCc2cccc3c2N(C1=O)[C@H](C(=O)N[C@@H](CCC(N)=O)[C@@H](C)OCc1ccc(C(C)C)cc1)C3)c1ccc(CP(=O)(O)O)cc1. The second kappa shape index (κ2) is 17.2. The van der Waals surface area contributed by atoms with Crippen LogP contribution in [0.15, 0.2) is 72.8 Å². The number of allylic oxidation sites excluding steroid dienone is 2. The number of primary amides is 1. The van der Waals surface area contributed by atoms with E-state index in [9.17, 15) is 33.5 Å². The highest BCUT2D eigenvalue weighted by Crippen LogP contribution is 2.41. The summed E-state index contributed by atoms with van der Waals surface area (Å²) in [5.41, 5.74) is 12.2. The van der Waals surface area contributed by atoms with E-state index in [1.54, 1.807) is 36.1 Å². The number of ketones is 1. The number of ether oxygens (including phenoxy) is 1. The number of amides is 3. The van der Waals surface area contributed by atoms with Crippen molar-refractivity contribution in [3.63, 3.8) is 0 Å². The summed E-state index contributed by atoms with van der Waals surface area (Å²) in [5.74, 6) is -1.61. The van der Waals surface area contributed by atoms with E-state index >= 15 is 0 Å². The maximum absolute atomic E-state index is 14.3. The summed E-state index contributed by atoms with van der Waals surface area (Å²) < 4.78 is 17.6.